The molecule has 0 amide bonds. The van der Waals surface area contributed by atoms with Crippen molar-refractivity contribution in [2.45, 2.75) is 0 Å². The van der Waals surface area contributed by atoms with E-state index < -0.39 is 40.5 Å². The summed E-state index contributed by atoms with van der Waals surface area (Å²) in [5.74, 6) is -11.1. The van der Waals surface area contributed by atoms with Crippen molar-refractivity contribution in [1.29, 1.82) is 0 Å². The van der Waals surface area contributed by atoms with E-state index in [0.29, 0.717) is 6.08 Å². The Labute approximate surface area is 125 Å². The van der Waals surface area contributed by atoms with Crippen LogP contribution in [0.2, 0.25) is 5.02 Å². The fraction of sp³-hybridized carbons (Fsp3) is 0. The van der Waals surface area contributed by atoms with Crippen molar-refractivity contribution >= 4 is 23.4 Å². The molecule has 0 fully saturated rings. The Bertz CT molecular complexity index is 730. The Morgan fingerprint density at radius 1 is 0.818 bits per heavy atom. The first-order valence-corrected chi connectivity index (χ1v) is 6.10. The predicted octanol–water partition coefficient (Wildman–Crippen LogP) is 5.26. The summed E-state index contributed by atoms with van der Waals surface area (Å²) < 4.78 is 78.9. The van der Waals surface area contributed by atoms with Gasteiger partial charge in [0, 0.05) is 11.2 Å². The maximum Gasteiger partial charge on any atom is 0.200 e. The zero-order valence-electron chi connectivity index (χ0n) is 10.5. The minimum absolute atomic E-state index is 0.0930. The highest BCUT2D eigenvalue weighted by Crippen LogP contribution is 2.24. The topological polar surface area (TPSA) is 12.0 Å². The molecule has 0 aromatic heterocycles. The molecule has 0 radical (unpaired) electrons. The summed E-state index contributed by atoms with van der Waals surface area (Å²) in [7, 11) is 0. The molecule has 2 aromatic carbocycles. The molecule has 0 aliphatic carbocycles. The lowest BCUT2D eigenvalue weighted by Crippen LogP contribution is -2.04. The molecule has 1 nitrogen and oxygen atoms in total. The first-order valence-electron chi connectivity index (χ1n) is 5.72. The second kappa shape index (κ2) is 6.31. The van der Waals surface area contributed by atoms with Crippen LogP contribution < -0.4 is 5.32 Å². The van der Waals surface area contributed by atoms with Gasteiger partial charge in [-0.05, 0) is 24.3 Å². The van der Waals surface area contributed by atoms with Crippen LogP contribution in [0.4, 0.5) is 32.0 Å². The van der Waals surface area contributed by atoms with Gasteiger partial charge in [0.15, 0.2) is 23.3 Å². The Kier molecular flexibility index (Phi) is 4.65. The highest BCUT2D eigenvalue weighted by molar-refractivity contribution is 6.30. The van der Waals surface area contributed by atoms with Crippen LogP contribution in [-0.4, -0.2) is 0 Å². The van der Waals surface area contributed by atoms with Crippen LogP contribution in [0, 0.1) is 34.9 Å². The molecule has 2 rings (SSSR count). The second-order valence-electron chi connectivity index (χ2n) is 4.09. The SMILES string of the molecule is Fc1cc(Cl)ccc1NC=Cc1c(F)c(F)c(F)c(F)c1F. The number of rotatable bonds is 3. The smallest absolute Gasteiger partial charge is 0.200 e. The normalized spacial score (nSPS) is 11.2. The minimum Gasteiger partial charge on any atom is -0.359 e. The van der Waals surface area contributed by atoms with E-state index in [1.807, 2.05) is 0 Å². The van der Waals surface area contributed by atoms with Crippen molar-refractivity contribution in [2.75, 3.05) is 5.32 Å². The Morgan fingerprint density at radius 3 is 1.91 bits per heavy atom. The molecule has 0 heterocycles. The Balaban J connectivity index is 2.31. The van der Waals surface area contributed by atoms with Crippen LogP contribution in [0.5, 0.6) is 0 Å². The van der Waals surface area contributed by atoms with Crippen molar-refractivity contribution < 1.29 is 26.3 Å². The van der Waals surface area contributed by atoms with Gasteiger partial charge in [-0.25, -0.2) is 26.3 Å². The number of anilines is 1. The van der Waals surface area contributed by atoms with Crippen LogP contribution in [-0.2, 0) is 0 Å². The van der Waals surface area contributed by atoms with Crippen LogP contribution in [0.3, 0.4) is 0 Å². The number of hydrogen-bond donors (Lipinski definition) is 1. The maximum absolute atomic E-state index is 13.4. The summed E-state index contributed by atoms with van der Waals surface area (Å²) >= 11 is 5.53. The van der Waals surface area contributed by atoms with Gasteiger partial charge in [0.05, 0.1) is 11.3 Å². The van der Waals surface area contributed by atoms with Crippen molar-refractivity contribution in [3.05, 3.63) is 69.9 Å². The fourth-order valence-corrected chi connectivity index (χ4v) is 1.75. The summed E-state index contributed by atoms with van der Waals surface area (Å²) in [5.41, 5.74) is -1.23. The molecule has 0 saturated carbocycles. The highest BCUT2D eigenvalue weighted by Gasteiger charge is 2.24. The quantitative estimate of drug-likeness (QED) is 0.458. The standard InChI is InChI=1S/C14H6ClF6N/c15-6-1-2-9(8(16)5-6)22-4-3-7-10(17)12(19)14(21)13(20)11(7)18/h1-5,22H. The molecule has 0 bridgehead atoms. The summed E-state index contributed by atoms with van der Waals surface area (Å²) in [5, 5.41) is 2.44. The van der Waals surface area contributed by atoms with Gasteiger partial charge < -0.3 is 5.32 Å². The van der Waals surface area contributed by atoms with Gasteiger partial charge in [0.25, 0.3) is 0 Å². The zero-order valence-corrected chi connectivity index (χ0v) is 11.3. The van der Waals surface area contributed by atoms with E-state index in [1.54, 1.807) is 0 Å². The molecule has 0 aliphatic rings. The molecule has 0 saturated heterocycles. The molecule has 1 N–H and O–H groups in total. The first-order chi connectivity index (χ1) is 10.3. The highest BCUT2D eigenvalue weighted by atomic mass is 35.5. The first kappa shape index (κ1) is 16.2. The predicted molar refractivity (Wildman–Crippen MR) is 70.3 cm³/mol. The summed E-state index contributed by atoms with van der Waals surface area (Å²) in [6, 6.07) is 3.57. The molecule has 0 unspecified atom stereocenters. The van der Waals surface area contributed by atoms with E-state index in [2.05, 4.69) is 5.32 Å². The third-order valence-corrected chi connectivity index (χ3v) is 2.90. The van der Waals surface area contributed by atoms with Gasteiger partial charge in [-0.1, -0.05) is 11.6 Å². The average molecular weight is 338 g/mol. The molecule has 116 valence electrons. The lowest BCUT2D eigenvalue weighted by Gasteiger charge is -2.05. The number of nitrogens with one attached hydrogen (secondary N) is 1. The third-order valence-electron chi connectivity index (χ3n) is 2.66. The van der Waals surface area contributed by atoms with Crippen molar-refractivity contribution in [3.8, 4) is 0 Å². The van der Waals surface area contributed by atoms with Gasteiger partial charge in [-0.2, -0.15) is 0 Å². The maximum atomic E-state index is 13.4. The van der Waals surface area contributed by atoms with E-state index in [0.717, 1.165) is 12.3 Å². The zero-order chi connectivity index (χ0) is 16.4. The summed E-state index contributed by atoms with van der Waals surface area (Å²) in [6.07, 6.45) is 1.44. The number of hydrogen-bond acceptors (Lipinski definition) is 1. The lowest BCUT2D eigenvalue weighted by molar-refractivity contribution is 0.377. The average Bonchev–Trinajstić information content (AvgIpc) is 2.48. The largest absolute Gasteiger partial charge is 0.359 e. The van der Waals surface area contributed by atoms with Gasteiger partial charge in [-0.15, -0.1) is 0 Å². The van der Waals surface area contributed by atoms with E-state index in [9.17, 15) is 26.3 Å². The van der Waals surface area contributed by atoms with E-state index in [1.165, 1.54) is 12.1 Å². The number of benzene rings is 2. The summed E-state index contributed by atoms with van der Waals surface area (Å²) in [4.78, 5) is 0. The molecular formula is C14H6ClF6N. The molecule has 8 heteroatoms. The molecule has 22 heavy (non-hydrogen) atoms. The Morgan fingerprint density at radius 2 is 1.36 bits per heavy atom. The van der Waals surface area contributed by atoms with E-state index in [4.69, 9.17) is 11.6 Å². The van der Waals surface area contributed by atoms with Gasteiger partial charge in [0.1, 0.15) is 5.82 Å². The van der Waals surface area contributed by atoms with Gasteiger partial charge >= 0.3 is 0 Å². The van der Waals surface area contributed by atoms with Gasteiger partial charge in [-0.3, -0.25) is 0 Å². The van der Waals surface area contributed by atoms with Crippen LogP contribution in [0.1, 0.15) is 5.56 Å². The van der Waals surface area contributed by atoms with Crippen molar-refractivity contribution in [2.24, 2.45) is 0 Å². The second-order valence-corrected chi connectivity index (χ2v) is 4.52. The lowest BCUT2D eigenvalue weighted by atomic mass is 10.1. The Hall–Kier alpha value is -2.15. The van der Waals surface area contributed by atoms with Gasteiger partial charge in [0.2, 0.25) is 5.82 Å². The van der Waals surface area contributed by atoms with E-state index in [-0.39, 0.29) is 10.7 Å². The van der Waals surface area contributed by atoms with Crippen LogP contribution >= 0.6 is 11.6 Å². The molecule has 0 atom stereocenters. The van der Waals surface area contributed by atoms with Crippen molar-refractivity contribution in [1.82, 2.24) is 0 Å². The molecular weight excluding hydrogens is 332 g/mol. The van der Waals surface area contributed by atoms with Crippen molar-refractivity contribution in [3.63, 3.8) is 0 Å². The minimum atomic E-state index is -2.25. The third kappa shape index (κ3) is 3.04. The molecule has 0 aliphatic heterocycles. The summed E-state index contributed by atoms with van der Waals surface area (Å²) in [6.45, 7) is 0. The fourth-order valence-electron chi connectivity index (χ4n) is 1.59. The number of halogens is 7. The molecule has 0 spiro atoms. The molecule has 2 aromatic rings. The van der Waals surface area contributed by atoms with Crippen LogP contribution in [0.25, 0.3) is 6.08 Å². The van der Waals surface area contributed by atoms with Crippen LogP contribution in [0.15, 0.2) is 24.4 Å². The monoisotopic (exact) mass is 337 g/mol. The van der Waals surface area contributed by atoms with E-state index >= 15 is 0 Å².